The van der Waals surface area contributed by atoms with Gasteiger partial charge in [0.15, 0.2) is 9.84 Å². The van der Waals surface area contributed by atoms with Gasteiger partial charge in [-0.1, -0.05) is 6.07 Å². The maximum absolute atomic E-state index is 12.8. The zero-order chi connectivity index (χ0) is 22.7. The number of aryl methyl sites for hydroxylation is 1. The van der Waals surface area contributed by atoms with Crippen molar-refractivity contribution < 1.29 is 18.0 Å². The Labute approximate surface area is 181 Å². The van der Waals surface area contributed by atoms with E-state index in [-0.39, 0.29) is 29.5 Å². The summed E-state index contributed by atoms with van der Waals surface area (Å²) in [5.41, 5.74) is 2.43. The van der Waals surface area contributed by atoms with Gasteiger partial charge in [0.1, 0.15) is 0 Å². The summed E-state index contributed by atoms with van der Waals surface area (Å²) in [5, 5.41) is 2.87. The van der Waals surface area contributed by atoms with Gasteiger partial charge in [-0.05, 0) is 83.6 Å². The van der Waals surface area contributed by atoms with Crippen LogP contribution in [0.1, 0.15) is 68.9 Å². The van der Waals surface area contributed by atoms with E-state index >= 15 is 0 Å². The van der Waals surface area contributed by atoms with Crippen molar-refractivity contribution in [2.24, 2.45) is 5.92 Å². The number of sulfone groups is 1. The Bertz CT molecular complexity index is 877. The monoisotopic (exact) mass is 436 g/mol. The topological polar surface area (TPSA) is 83.6 Å². The lowest BCUT2D eigenvalue weighted by molar-refractivity contribution is -0.131. The number of nitrogens with zero attached hydrogens (tertiary/aromatic N) is 1. The molecule has 0 aromatic heterocycles. The minimum Gasteiger partial charge on any atom is -0.350 e. The number of likely N-dealkylation sites (tertiary alicyclic amines) is 1. The van der Waals surface area contributed by atoms with Crippen LogP contribution in [0.5, 0.6) is 0 Å². The molecule has 2 amide bonds. The molecular weight excluding hydrogens is 400 g/mol. The fourth-order valence-corrected chi connectivity index (χ4v) is 5.02. The van der Waals surface area contributed by atoms with Gasteiger partial charge in [0, 0.05) is 24.7 Å². The highest BCUT2D eigenvalue weighted by Gasteiger charge is 2.33. The highest BCUT2D eigenvalue weighted by molar-refractivity contribution is 7.92. The van der Waals surface area contributed by atoms with Crippen molar-refractivity contribution in [3.8, 4) is 0 Å². The lowest BCUT2D eigenvalue weighted by atomic mass is 9.97. The highest BCUT2D eigenvalue weighted by Crippen LogP contribution is 2.25. The van der Waals surface area contributed by atoms with Crippen molar-refractivity contribution in [1.29, 1.82) is 0 Å². The van der Waals surface area contributed by atoms with Crippen LogP contribution in [0.2, 0.25) is 0 Å². The standard InChI is InChI=1S/C23H36N2O4S/c1-16(2)24-22(27)20-8-7-19(17(3)13-20)14-21(26)25-11-9-18(10-12-25)15-30(28,29)23(4,5)6/h7-8,13,16,18H,9-12,14-15H2,1-6H3,(H,24,27). The molecule has 0 atom stereocenters. The van der Waals surface area contributed by atoms with Gasteiger partial charge in [0.05, 0.1) is 16.9 Å². The molecule has 1 saturated heterocycles. The molecule has 0 radical (unpaired) electrons. The second-order valence-electron chi connectivity index (χ2n) is 9.66. The van der Waals surface area contributed by atoms with Gasteiger partial charge in [-0.3, -0.25) is 9.59 Å². The molecule has 1 N–H and O–H groups in total. The van der Waals surface area contributed by atoms with Gasteiger partial charge in [0.25, 0.3) is 5.91 Å². The first-order chi connectivity index (χ1) is 13.8. The van der Waals surface area contributed by atoms with E-state index < -0.39 is 14.6 Å². The average Bonchev–Trinajstić information content (AvgIpc) is 2.62. The summed E-state index contributed by atoms with van der Waals surface area (Å²) < 4.78 is 24.1. The van der Waals surface area contributed by atoms with Gasteiger partial charge < -0.3 is 10.2 Å². The predicted molar refractivity (Wildman–Crippen MR) is 120 cm³/mol. The summed E-state index contributed by atoms with van der Waals surface area (Å²) in [7, 11) is -3.14. The molecule has 0 bridgehead atoms. The maximum Gasteiger partial charge on any atom is 0.251 e. The molecule has 0 unspecified atom stereocenters. The molecule has 0 saturated carbocycles. The first-order valence-electron chi connectivity index (χ1n) is 10.7. The van der Waals surface area contributed by atoms with Crippen LogP contribution in [0, 0.1) is 12.8 Å². The number of piperidine rings is 1. The zero-order valence-corrected chi connectivity index (χ0v) is 19.9. The van der Waals surface area contributed by atoms with Crippen LogP contribution in [-0.2, 0) is 21.1 Å². The molecule has 30 heavy (non-hydrogen) atoms. The third-order valence-corrected chi connectivity index (χ3v) is 8.50. The Kier molecular flexibility index (Phi) is 7.72. The lowest BCUT2D eigenvalue weighted by Gasteiger charge is -2.33. The number of benzene rings is 1. The number of nitrogens with one attached hydrogen (secondary N) is 1. The predicted octanol–water partition coefficient (Wildman–Crippen LogP) is 3.13. The Morgan fingerprint density at radius 3 is 2.27 bits per heavy atom. The molecule has 6 nitrogen and oxygen atoms in total. The minimum absolute atomic E-state index is 0.0506. The van der Waals surface area contributed by atoms with E-state index in [1.165, 1.54) is 0 Å². The van der Waals surface area contributed by atoms with Crippen LogP contribution in [0.25, 0.3) is 0 Å². The van der Waals surface area contributed by atoms with Gasteiger partial charge in [-0.25, -0.2) is 8.42 Å². The summed E-state index contributed by atoms with van der Waals surface area (Å²) >= 11 is 0. The summed E-state index contributed by atoms with van der Waals surface area (Å²) in [6.07, 6.45) is 1.73. The Morgan fingerprint density at radius 2 is 1.77 bits per heavy atom. The smallest absolute Gasteiger partial charge is 0.251 e. The molecule has 1 heterocycles. The van der Waals surface area contributed by atoms with Gasteiger partial charge in [0.2, 0.25) is 5.91 Å². The highest BCUT2D eigenvalue weighted by atomic mass is 32.2. The SMILES string of the molecule is Cc1cc(C(=O)NC(C)C)ccc1CC(=O)N1CCC(CS(=O)(=O)C(C)(C)C)CC1. The Morgan fingerprint density at radius 1 is 1.17 bits per heavy atom. The van der Waals surface area contributed by atoms with Crippen LogP contribution in [0.3, 0.4) is 0 Å². The summed E-state index contributed by atoms with van der Waals surface area (Å²) in [5.74, 6) is 0.240. The third kappa shape index (κ3) is 6.30. The van der Waals surface area contributed by atoms with Gasteiger partial charge >= 0.3 is 0 Å². The van der Waals surface area contributed by atoms with Crippen molar-refractivity contribution in [1.82, 2.24) is 10.2 Å². The largest absolute Gasteiger partial charge is 0.350 e. The number of hydrogen-bond acceptors (Lipinski definition) is 4. The summed E-state index contributed by atoms with van der Waals surface area (Å²) in [6, 6.07) is 5.51. The second kappa shape index (κ2) is 9.50. The third-order valence-electron chi connectivity index (χ3n) is 5.72. The van der Waals surface area contributed by atoms with Crippen molar-refractivity contribution in [3.63, 3.8) is 0 Å². The van der Waals surface area contributed by atoms with Gasteiger partial charge in [-0.15, -0.1) is 0 Å². The van der Waals surface area contributed by atoms with Crippen LogP contribution < -0.4 is 5.32 Å². The molecule has 2 rings (SSSR count). The summed E-state index contributed by atoms with van der Waals surface area (Å²) in [4.78, 5) is 26.7. The van der Waals surface area contributed by atoms with Crippen LogP contribution in [0.15, 0.2) is 18.2 Å². The maximum atomic E-state index is 12.8. The molecule has 1 aromatic rings. The molecule has 1 aromatic carbocycles. The molecule has 1 aliphatic rings. The number of carbonyl (C=O) groups excluding carboxylic acids is 2. The number of hydrogen-bond donors (Lipinski definition) is 1. The van der Waals surface area contributed by atoms with E-state index in [2.05, 4.69) is 5.32 Å². The van der Waals surface area contributed by atoms with E-state index in [1.54, 1.807) is 26.8 Å². The molecular formula is C23H36N2O4S. The fourth-order valence-electron chi connectivity index (χ4n) is 3.57. The quantitative estimate of drug-likeness (QED) is 0.743. The molecule has 168 valence electrons. The van der Waals surface area contributed by atoms with E-state index in [9.17, 15) is 18.0 Å². The van der Waals surface area contributed by atoms with Crippen LogP contribution in [0.4, 0.5) is 0 Å². The lowest BCUT2D eigenvalue weighted by Crippen LogP contribution is -2.42. The van der Waals surface area contributed by atoms with Crippen LogP contribution in [-0.4, -0.2) is 54.8 Å². The van der Waals surface area contributed by atoms with Crippen molar-refractivity contribution in [2.75, 3.05) is 18.8 Å². The van der Waals surface area contributed by atoms with E-state index in [4.69, 9.17) is 0 Å². The number of carbonyl (C=O) groups is 2. The Hall–Kier alpha value is -1.89. The molecule has 1 aliphatic heterocycles. The summed E-state index contributed by atoms with van der Waals surface area (Å²) in [6.45, 7) is 12.1. The Balaban J connectivity index is 1.93. The van der Waals surface area contributed by atoms with Crippen molar-refractivity contribution >= 4 is 21.7 Å². The van der Waals surface area contributed by atoms with Crippen molar-refractivity contribution in [2.45, 2.75) is 71.6 Å². The zero-order valence-electron chi connectivity index (χ0n) is 19.1. The fraction of sp³-hybridized carbons (Fsp3) is 0.652. The molecule has 0 spiro atoms. The van der Waals surface area contributed by atoms with Crippen molar-refractivity contribution in [3.05, 3.63) is 34.9 Å². The average molecular weight is 437 g/mol. The second-order valence-corrected chi connectivity index (χ2v) is 12.5. The normalized spacial score (nSPS) is 16.0. The molecule has 7 heteroatoms. The number of rotatable bonds is 6. The first-order valence-corrected chi connectivity index (χ1v) is 12.4. The molecule has 1 fully saturated rings. The van der Waals surface area contributed by atoms with E-state index in [0.29, 0.717) is 37.9 Å². The van der Waals surface area contributed by atoms with E-state index in [0.717, 1.165) is 11.1 Å². The van der Waals surface area contributed by atoms with E-state index in [1.807, 2.05) is 37.8 Å². The molecule has 0 aliphatic carbocycles. The minimum atomic E-state index is -3.14. The first kappa shape index (κ1) is 24.4. The number of amides is 2. The van der Waals surface area contributed by atoms with Crippen LogP contribution >= 0.6 is 0 Å². The van der Waals surface area contributed by atoms with Gasteiger partial charge in [-0.2, -0.15) is 0 Å².